The van der Waals surface area contributed by atoms with Gasteiger partial charge >= 0.3 is 0 Å². The van der Waals surface area contributed by atoms with Crippen molar-refractivity contribution in [1.82, 2.24) is 4.72 Å². The molecule has 0 aliphatic rings. The summed E-state index contributed by atoms with van der Waals surface area (Å²) in [6.45, 7) is 7.69. The second-order valence-corrected chi connectivity index (χ2v) is 5.84. The number of hydrogen-bond donors (Lipinski definition) is 1. The largest absolute Gasteiger partial charge is 0.492 e. The lowest BCUT2D eigenvalue weighted by molar-refractivity contribution is 0.331. The van der Waals surface area contributed by atoms with E-state index in [-0.39, 0.29) is 10.9 Å². The molecule has 0 aliphatic carbocycles. The van der Waals surface area contributed by atoms with Gasteiger partial charge in [-0.1, -0.05) is 6.07 Å². The van der Waals surface area contributed by atoms with Crippen molar-refractivity contribution in [2.24, 2.45) is 0 Å². The predicted molar refractivity (Wildman–Crippen MR) is 67.8 cm³/mol. The average Bonchev–Trinajstić information content (AvgIpc) is 2.19. The normalized spacial score (nSPS) is 11.8. The maximum Gasteiger partial charge on any atom is 0.244 e. The average molecular weight is 257 g/mol. The zero-order chi connectivity index (χ0) is 13.1. The molecule has 1 N–H and O–H groups in total. The first-order valence-electron chi connectivity index (χ1n) is 5.62. The van der Waals surface area contributed by atoms with E-state index in [1.165, 1.54) is 0 Å². The number of ether oxygens (including phenoxy) is 1. The molecular formula is C12H19NO3S. The van der Waals surface area contributed by atoms with Crippen LogP contribution in [0.4, 0.5) is 0 Å². The summed E-state index contributed by atoms with van der Waals surface area (Å²) >= 11 is 0. The Morgan fingerprint density at radius 3 is 2.53 bits per heavy atom. The van der Waals surface area contributed by atoms with Crippen molar-refractivity contribution in [3.05, 3.63) is 23.8 Å². The highest BCUT2D eigenvalue weighted by Gasteiger charge is 2.20. The van der Waals surface area contributed by atoms with Gasteiger partial charge in [-0.05, 0) is 45.4 Å². The van der Waals surface area contributed by atoms with Crippen LogP contribution in [-0.4, -0.2) is 21.1 Å². The third-order valence-corrected chi connectivity index (χ3v) is 3.76. The van der Waals surface area contributed by atoms with E-state index in [4.69, 9.17) is 4.74 Å². The van der Waals surface area contributed by atoms with Crippen LogP contribution in [0.1, 0.15) is 26.3 Å². The predicted octanol–water partition coefficient (Wildman–Crippen LogP) is 2.08. The third-order valence-electron chi connectivity index (χ3n) is 2.08. The van der Waals surface area contributed by atoms with Gasteiger partial charge in [-0.15, -0.1) is 0 Å². The molecule has 0 unspecified atom stereocenters. The minimum Gasteiger partial charge on any atom is -0.492 e. The molecule has 0 bridgehead atoms. The molecule has 0 spiro atoms. The van der Waals surface area contributed by atoms with Crippen LogP contribution in [0.25, 0.3) is 0 Å². The molecule has 96 valence electrons. The summed E-state index contributed by atoms with van der Waals surface area (Å²) in [6.07, 6.45) is 0. The van der Waals surface area contributed by atoms with Gasteiger partial charge in [0.15, 0.2) is 0 Å². The van der Waals surface area contributed by atoms with Gasteiger partial charge in [0.05, 0.1) is 6.61 Å². The van der Waals surface area contributed by atoms with E-state index in [9.17, 15) is 8.42 Å². The molecule has 1 aromatic carbocycles. The van der Waals surface area contributed by atoms with Crippen molar-refractivity contribution in [2.45, 2.75) is 38.6 Å². The van der Waals surface area contributed by atoms with Gasteiger partial charge in [-0.3, -0.25) is 0 Å². The molecule has 0 heterocycles. The van der Waals surface area contributed by atoms with Gasteiger partial charge in [0, 0.05) is 6.04 Å². The lowest BCUT2D eigenvalue weighted by Crippen LogP contribution is -2.30. The van der Waals surface area contributed by atoms with E-state index in [0.717, 1.165) is 5.56 Å². The lowest BCUT2D eigenvalue weighted by atomic mass is 10.2. The number of hydrogen-bond acceptors (Lipinski definition) is 3. The standard InChI is InChI=1S/C12H19NO3S/c1-5-16-11-7-6-10(4)8-12(11)17(14,15)13-9(2)3/h6-9,13H,5H2,1-4H3. The van der Waals surface area contributed by atoms with Gasteiger partial charge in [-0.2, -0.15) is 0 Å². The van der Waals surface area contributed by atoms with Crippen molar-refractivity contribution in [1.29, 1.82) is 0 Å². The summed E-state index contributed by atoms with van der Waals surface area (Å²) in [5.74, 6) is 0.395. The van der Waals surface area contributed by atoms with Gasteiger partial charge in [0.2, 0.25) is 10.0 Å². The molecule has 0 atom stereocenters. The number of nitrogens with one attached hydrogen (secondary N) is 1. The molecule has 1 aromatic rings. The van der Waals surface area contributed by atoms with Crippen LogP contribution in [0.15, 0.2) is 23.1 Å². The van der Waals surface area contributed by atoms with Gasteiger partial charge in [0.25, 0.3) is 0 Å². The van der Waals surface area contributed by atoms with Crippen LogP contribution in [0, 0.1) is 6.92 Å². The first-order valence-corrected chi connectivity index (χ1v) is 7.11. The summed E-state index contributed by atoms with van der Waals surface area (Å²) in [5.41, 5.74) is 0.887. The summed E-state index contributed by atoms with van der Waals surface area (Å²) in [4.78, 5) is 0.202. The zero-order valence-corrected chi connectivity index (χ0v) is 11.5. The highest BCUT2D eigenvalue weighted by Crippen LogP contribution is 2.25. The Balaban J connectivity index is 3.23. The Morgan fingerprint density at radius 2 is 2.00 bits per heavy atom. The topological polar surface area (TPSA) is 55.4 Å². The SMILES string of the molecule is CCOc1ccc(C)cc1S(=O)(=O)NC(C)C. The zero-order valence-electron chi connectivity index (χ0n) is 10.6. The second-order valence-electron chi connectivity index (χ2n) is 4.16. The summed E-state index contributed by atoms with van der Waals surface area (Å²) in [7, 11) is -3.51. The van der Waals surface area contributed by atoms with Crippen molar-refractivity contribution < 1.29 is 13.2 Å². The molecular weight excluding hydrogens is 238 g/mol. The smallest absolute Gasteiger partial charge is 0.244 e. The van der Waals surface area contributed by atoms with Crippen molar-refractivity contribution >= 4 is 10.0 Å². The maximum absolute atomic E-state index is 12.1. The lowest BCUT2D eigenvalue weighted by Gasteiger charge is -2.14. The number of benzene rings is 1. The van der Waals surface area contributed by atoms with Gasteiger partial charge in [0.1, 0.15) is 10.6 Å². The molecule has 5 heteroatoms. The van der Waals surface area contributed by atoms with Crippen molar-refractivity contribution in [2.75, 3.05) is 6.61 Å². The van der Waals surface area contributed by atoms with E-state index in [2.05, 4.69) is 4.72 Å². The van der Waals surface area contributed by atoms with Gasteiger partial charge in [-0.25, -0.2) is 13.1 Å². The summed E-state index contributed by atoms with van der Waals surface area (Å²) in [6, 6.07) is 5.00. The molecule has 0 saturated heterocycles. The molecule has 0 aliphatic heterocycles. The first kappa shape index (κ1) is 14.0. The van der Waals surface area contributed by atoms with E-state index in [1.54, 1.807) is 26.0 Å². The molecule has 0 aromatic heterocycles. The van der Waals surface area contributed by atoms with E-state index in [0.29, 0.717) is 12.4 Å². The maximum atomic E-state index is 12.1. The second kappa shape index (κ2) is 5.51. The van der Waals surface area contributed by atoms with E-state index in [1.807, 2.05) is 19.9 Å². The fraction of sp³-hybridized carbons (Fsp3) is 0.500. The highest BCUT2D eigenvalue weighted by atomic mass is 32.2. The Hall–Kier alpha value is -1.07. The van der Waals surface area contributed by atoms with Gasteiger partial charge < -0.3 is 4.74 Å². The Kier molecular flexibility index (Phi) is 4.54. The summed E-state index contributed by atoms with van der Waals surface area (Å²) in [5, 5.41) is 0. The van der Waals surface area contributed by atoms with Crippen LogP contribution in [0.3, 0.4) is 0 Å². The molecule has 0 fully saturated rings. The highest BCUT2D eigenvalue weighted by molar-refractivity contribution is 7.89. The summed E-state index contributed by atoms with van der Waals surface area (Å²) < 4.78 is 32.1. The van der Waals surface area contributed by atoms with Crippen LogP contribution >= 0.6 is 0 Å². The monoisotopic (exact) mass is 257 g/mol. The number of aryl methyl sites for hydroxylation is 1. The fourth-order valence-corrected chi connectivity index (χ4v) is 2.95. The van der Waals surface area contributed by atoms with Crippen molar-refractivity contribution in [3.63, 3.8) is 0 Å². The molecule has 0 saturated carbocycles. The minimum atomic E-state index is -3.51. The molecule has 1 rings (SSSR count). The fourth-order valence-electron chi connectivity index (χ4n) is 1.47. The first-order chi connectivity index (χ1) is 7.86. The van der Waals surface area contributed by atoms with Crippen LogP contribution in [-0.2, 0) is 10.0 Å². The van der Waals surface area contributed by atoms with Crippen LogP contribution < -0.4 is 9.46 Å². The van der Waals surface area contributed by atoms with Crippen LogP contribution in [0.5, 0.6) is 5.75 Å². The quantitative estimate of drug-likeness (QED) is 0.878. The Labute approximate surface area is 103 Å². The minimum absolute atomic E-state index is 0.144. The molecule has 0 radical (unpaired) electrons. The molecule has 17 heavy (non-hydrogen) atoms. The van der Waals surface area contributed by atoms with Crippen molar-refractivity contribution in [3.8, 4) is 5.75 Å². The Bertz CT molecular complexity index is 481. The van der Waals surface area contributed by atoms with E-state index < -0.39 is 10.0 Å². The number of rotatable bonds is 5. The number of sulfonamides is 1. The van der Waals surface area contributed by atoms with E-state index >= 15 is 0 Å². The van der Waals surface area contributed by atoms with Crippen LogP contribution in [0.2, 0.25) is 0 Å². The Morgan fingerprint density at radius 1 is 1.35 bits per heavy atom. The molecule has 0 amide bonds. The molecule has 4 nitrogen and oxygen atoms in total. The third kappa shape index (κ3) is 3.71.